The molecule has 5 nitrogen and oxygen atoms in total. The number of aryl methyl sites for hydroxylation is 1. The Kier molecular flexibility index (Phi) is 5.08. The highest BCUT2D eigenvalue weighted by molar-refractivity contribution is 5.86. The zero-order valence-corrected chi connectivity index (χ0v) is 16.1. The number of nitrogens with one attached hydrogen (secondary N) is 1. The van der Waals surface area contributed by atoms with E-state index in [4.69, 9.17) is 10.5 Å². The van der Waals surface area contributed by atoms with Crippen LogP contribution in [0, 0.1) is 6.92 Å². The Morgan fingerprint density at radius 1 is 1.04 bits per heavy atom. The Labute approximate surface area is 164 Å². The number of nitrogens with two attached hydrogens (primary N) is 1. The van der Waals surface area contributed by atoms with Crippen LogP contribution in [0.3, 0.4) is 0 Å². The van der Waals surface area contributed by atoms with Crippen molar-refractivity contribution in [3.8, 4) is 16.9 Å². The average Bonchev–Trinajstić information content (AvgIpc) is 3.12. The van der Waals surface area contributed by atoms with Gasteiger partial charge < -0.3 is 10.5 Å². The second-order valence-electron chi connectivity index (χ2n) is 7.15. The maximum atomic E-state index is 6.36. The molecule has 0 saturated carbocycles. The number of rotatable bonds is 6. The summed E-state index contributed by atoms with van der Waals surface area (Å²) < 4.78 is 5.96. The highest BCUT2D eigenvalue weighted by Gasteiger charge is 2.15. The molecule has 0 aliphatic rings. The number of ether oxygens (including phenoxy) is 1. The number of H-pyrrole nitrogens is 1. The van der Waals surface area contributed by atoms with Gasteiger partial charge in [0.15, 0.2) is 0 Å². The van der Waals surface area contributed by atoms with Crippen LogP contribution in [-0.4, -0.2) is 27.8 Å². The molecule has 0 fully saturated rings. The Balaban J connectivity index is 1.48. The third-order valence-electron chi connectivity index (χ3n) is 5.21. The van der Waals surface area contributed by atoms with Crippen LogP contribution in [0.15, 0.2) is 67.0 Å². The van der Waals surface area contributed by atoms with Gasteiger partial charge in [-0.2, -0.15) is 5.10 Å². The Hall–Kier alpha value is -3.18. The number of nitrogens with zero attached hydrogens (tertiary/aromatic N) is 2. The Bertz CT molecular complexity index is 1070. The molecule has 2 heterocycles. The number of hydrogen-bond acceptors (Lipinski definition) is 4. The van der Waals surface area contributed by atoms with E-state index in [0.717, 1.165) is 33.5 Å². The van der Waals surface area contributed by atoms with Gasteiger partial charge in [0.1, 0.15) is 12.4 Å². The van der Waals surface area contributed by atoms with Gasteiger partial charge in [-0.3, -0.25) is 10.1 Å². The predicted octanol–water partition coefficient (Wildman–Crippen LogP) is 4.44. The van der Waals surface area contributed by atoms with Gasteiger partial charge in [-0.25, -0.2) is 0 Å². The van der Waals surface area contributed by atoms with Crippen LogP contribution < -0.4 is 10.5 Å². The molecular formula is C23H24N4O. The SMILES string of the molecule is Cc1n[nH]c2ccc(-c3cncc(OC[C@@H](N)C(C)c4ccccc4)c3)cc12. The number of benzene rings is 2. The van der Waals surface area contributed by atoms with E-state index in [2.05, 4.69) is 46.4 Å². The fourth-order valence-electron chi connectivity index (χ4n) is 3.32. The second kappa shape index (κ2) is 7.82. The maximum Gasteiger partial charge on any atom is 0.138 e. The zero-order valence-electron chi connectivity index (χ0n) is 16.1. The van der Waals surface area contributed by atoms with E-state index in [9.17, 15) is 0 Å². The van der Waals surface area contributed by atoms with Gasteiger partial charge >= 0.3 is 0 Å². The molecule has 0 aliphatic carbocycles. The van der Waals surface area contributed by atoms with Crippen molar-refractivity contribution in [2.75, 3.05) is 6.61 Å². The van der Waals surface area contributed by atoms with Crippen molar-refractivity contribution in [1.29, 1.82) is 0 Å². The Morgan fingerprint density at radius 2 is 1.86 bits per heavy atom. The number of aromatic nitrogens is 3. The fraction of sp³-hybridized carbons (Fsp3) is 0.217. The predicted molar refractivity (Wildman–Crippen MR) is 112 cm³/mol. The molecule has 28 heavy (non-hydrogen) atoms. The first-order chi connectivity index (χ1) is 13.6. The summed E-state index contributed by atoms with van der Waals surface area (Å²) in [7, 11) is 0. The monoisotopic (exact) mass is 372 g/mol. The van der Waals surface area contributed by atoms with Crippen LogP contribution >= 0.6 is 0 Å². The lowest BCUT2D eigenvalue weighted by molar-refractivity contribution is 0.273. The van der Waals surface area contributed by atoms with Crippen LogP contribution in [0.5, 0.6) is 5.75 Å². The molecular weight excluding hydrogens is 348 g/mol. The Morgan fingerprint density at radius 3 is 2.68 bits per heavy atom. The van der Waals surface area contributed by atoms with E-state index >= 15 is 0 Å². The van der Waals surface area contributed by atoms with Crippen molar-refractivity contribution < 1.29 is 4.74 Å². The summed E-state index contributed by atoms with van der Waals surface area (Å²) in [6, 6.07) is 18.4. The van der Waals surface area contributed by atoms with Crippen molar-refractivity contribution in [2.45, 2.75) is 25.8 Å². The quantitative estimate of drug-likeness (QED) is 0.524. The van der Waals surface area contributed by atoms with Crippen molar-refractivity contribution in [1.82, 2.24) is 15.2 Å². The summed E-state index contributed by atoms with van der Waals surface area (Å²) in [4.78, 5) is 4.34. The minimum absolute atomic E-state index is 0.101. The summed E-state index contributed by atoms with van der Waals surface area (Å²) in [6.45, 7) is 4.55. The van der Waals surface area contributed by atoms with Crippen LogP contribution in [0.1, 0.15) is 24.1 Å². The van der Waals surface area contributed by atoms with E-state index in [0.29, 0.717) is 6.61 Å². The molecule has 1 unspecified atom stereocenters. The molecule has 0 saturated heterocycles. The molecule has 0 bridgehead atoms. The smallest absolute Gasteiger partial charge is 0.138 e. The minimum Gasteiger partial charge on any atom is -0.490 e. The molecule has 3 N–H and O–H groups in total. The third-order valence-corrected chi connectivity index (χ3v) is 5.21. The molecule has 0 spiro atoms. The fourth-order valence-corrected chi connectivity index (χ4v) is 3.32. The second-order valence-corrected chi connectivity index (χ2v) is 7.15. The zero-order chi connectivity index (χ0) is 19.5. The van der Waals surface area contributed by atoms with E-state index in [1.54, 1.807) is 6.20 Å². The lowest BCUT2D eigenvalue weighted by Crippen LogP contribution is -2.33. The lowest BCUT2D eigenvalue weighted by Gasteiger charge is -2.20. The average molecular weight is 372 g/mol. The van der Waals surface area contributed by atoms with Gasteiger partial charge in [-0.05, 0) is 42.2 Å². The number of aromatic amines is 1. The number of pyridine rings is 1. The van der Waals surface area contributed by atoms with E-state index in [-0.39, 0.29) is 12.0 Å². The van der Waals surface area contributed by atoms with Crippen molar-refractivity contribution in [3.63, 3.8) is 0 Å². The van der Waals surface area contributed by atoms with Crippen molar-refractivity contribution in [3.05, 3.63) is 78.2 Å². The highest BCUT2D eigenvalue weighted by atomic mass is 16.5. The molecule has 4 aromatic rings. The summed E-state index contributed by atoms with van der Waals surface area (Å²) in [5.41, 5.74) is 11.7. The normalized spacial score (nSPS) is 13.4. The van der Waals surface area contributed by atoms with Gasteiger partial charge in [0.2, 0.25) is 0 Å². The third kappa shape index (κ3) is 3.75. The van der Waals surface area contributed by atoms with Crippen LogP contribution in [-0.2, 0) is 0 Å². The van der Waals surface area contributed by atoms with Gasteiger partial charge in [-0.1, -0.05) is 43.3 Å². The molecule has 0 aliphatic heterocycles. The molecule has 2 aromatic carbocycles. The molecule has 2 atom stereocenters. The maximum absolute atomic E-state index is 6.36. The lowest BCUT2D eigenvalue weighted by atomic mass is 9.94. The van der Waals surface area contributed by atoms with Gasteiger partial charge in [0.05, 0.1) is 17.4 Å². The van der Waals surface area contributed by atoms with Crippen molar-refractivity contribution in [2.24, 2.45) is 5.73 Å². The molecule has 5 heteroatoms. The van der Waals surface area contributed by atoms with E-state index in [1.165, 1.54) is 5.56 Å². The van der Waals surface area contributed by atoms with Crippen LogP contribution in [0.2, 0.25) is 0 Å². The molecule has 142 valence electrons. The number of hydrogen-bond donors (Lipinski definition) is 2. The topological polar surface area (TPSA) is 76.8 Å². The standard InChI is InChI=1S/C23H24N4O/c1-15(17-6-4-3-5-7-17)22(24)14-28-20-10-19(12-25-13-20)18-8-9-23-21(11-18)16(2)26-27-23/h3-13,15,22H,14,24H2,1-2H3,(H,26,27)/t15?,22-/m1/s1. The van der Waals surface area contributed by atoms with Gasteiger partial charge in [0.25, 0.3) is 0 Å². The van der Waals surface area contributed by atoms with Crippen LogP contribution in [0.25, 0.3) is 22.0 Å². The molecule has 2 aromatic heterocycles. The first kappa shape index (κ1) is 18.2. The van der Waals surface area contributed by atoms with Crippen molar-refractivity contribution >= 4 is 10.9 Å². The summed E-state index contributed by atoms with van der Waals surface area (Å²) >= 11 is 0. The largest absolute Gasteiger partial charge is 0.490 e. The molecule has 0 amide bonds. The summed E-state index contributed by atoms with van der Waals surface area (Å²) in [5.74, 6) is 0.932. The molecule has 0 radical (unpaired) electrons. The van der Waals surface area contributed by atoms with Crippen LogP contribution in [0.4, 0.5) is 0 Å². The van der Waals surface area contributed by atoms with Gasteiger partial charge in [-0.15, -0.1) is 0 Å². The van der Waals surface area contributed by atoms with Gasteiger partial charge in [0, 0.05) is 23.2 Å². The first-order valence-corrected chi connectivity index (χ1v) is 9.45. The number of fused-ring (bicyclic) bond motifs is 1. The first-order valence-electron chi connectivity index (χ1n) is 9.45. The highest BCUT2D eigenvalue weighted by Crippen LogP contribution is 2.27. The van der Waals surface area contributed by atoms with E-state index < -0.39 is 0 Å². The molecule has 4 rings (SSSR count). The summed E-state index contributed by atoms with van der Waals surface area (Å²) in [6.07, 6.45) is 3.57. The minimum atomic E-state index is -0.101. The van der Waals surface area contributed by atoms with E-state index in [1.807, 2.05) is 43.5 Å². The summed E-state index contributed by atoms with van der Waals surface area (Å²) in [5, 5.41) is 8.40.